The topological polar surface area (TPSA) is 84.9 Å². The van der Waals surface area contributed by atoms with E-state index < -0.39 is 17.8 Å². The van der Waals surface area contributed by atoms with Gasteiger partial charge in [0.2, 0.25) is 0 Å². The first kappa shape index (κ1) is 24.3. The third kappa shape index (κ3) is 5.31. The highest BCUT2D eigenvalue weighted by Gasteiger charge is 2.36. The summed E-state index contributed by atoms with van der Waals surface area (Å²) in [6.45, 7) is 2.27. The molecule has 7 nitrogen and oxygen atoms in total. The van der Waals surface area contributed by atoms with Crippen molar-refractivity contribution in [1.82, 2.24) is 5.32 Å². The van der Waals surface area contributed by atoms with Gasteiger partial charge in [0.15, 0.2) is 11.5 Å². The Morgan fingerprint density at radius 1 is 0.971 bits per heavy atom. The number of carbonyl (C=O) groups is 3. The quantitative estimate of drug-likeness (QED) is 0.346. The zero-order valence-electron chi connectivity index (χ0n) is 18.8. The number of rotatable bonds is 6. The summed E-state index contributed by atoms with van der Waals surface area (Å²) in [6, 6.07) is 16.3. The Labute approximate surface area is 211 Å². The lowest BCUT2D eigenvalue weighted by Gasteiger charge is -2.26. The van der Waals surface area contributed by atoms with E-state index in [4.69, 9.17) is 32.7 Å². The van der Waals surface area contributed by atoms with Crippen molar-refractivity contribution in [2.45, 2.75) is 13.5 Å². The van der Waals surface area contributed by atoms with Crippen LogP contribution in [-0.2, 0) is 16.2 Å². The number of barbiturate groups is 1. The number of aryl methyl sites for hydroxylation is 1. The average Bonchev–Trinajstić information content (AvgIpc) is 2.83. The summed E-state index contributed by atoms with van der Waals surface area (Å²) in [6.07, 6.45) is 1.34. The molecule has 0 atom stereocenters. The molecule has 0 unspecified atom stereocenters. The van der Waals surface area contributed by atoms with E-state index in [1.807, 2.05) is 31.2 Å². The van der Waals surface area contributed by atoms with Crippen LogP contribution in [-0.4, -0.2) is 25.0 Å². The molecule has 0 bridgehead atoms. The number of halogens is 2. The number of hydrogen-bond acceptors (Lipinski definition) is 5. The van der Waals surface area contributed by atoms with E-state index in [0.717, 1.165) is 16.0 Å². The molecule has 9 heteroatoms. The van der Waals surface area contributed by atoms with Crippen molar-refractivity contribution in [3.05, 3.63) is 93.0 Å². The minimum absolute atomic E-state index is 0.234. The molecule has 1 heterocycles. The van der Waals surface area contributed by atoms with Crippen LogP contribution in [0.2, 0.25) is 10.0 Å². The number of nitrogens with one attached hydrogen (secondary N) is 1. The van der Waals surface area contributed by atoms with E-state index >= 15 is 0 Å². The minimum Gasteiger partial charge on any atom is -0.493 e. The van der Waals surface area contributed by atoms with Gasteiger partial charge in [-0.1, -0.05) is 53.0 Å². The molecule has 4 amide bonds. The summed E-state index contributed by atoms with van der Waals surface area (Å²) < 4.78 is 11.3. The molecule has 1 N–H and O–H groups in total. The molecule has 178 valence electrons. The Balaban J connectivity index is 1.63. The molecule has 0 aromatic heterocycles. The molecule has 4 rings (SSSR count). The molecule has 1 saturated heterocycles. The van der Waals surface area contributed by atoms with Crippen LogP contribution in [0, 0.1) is 6.92 Å². The van der Waals surface area contributed by atoms with Crippen LogP contribution in [0.15, 0.2) is 66.2 Å². The maximum atomic E-state index is 13.1. The minimum atomic E-state index is -0.852. The number of benzene rings is 3. The fourth-order valence-electron chi connectivity index (χ4n) is 3.45. The maximum absolute atomic E-state index is 13.1. The summed E-state index contributed by atoms with van der Waals surface area (Å²) in [5.41, 5.74) is 2.53. The second kappa shape index (κ2) is 10.2. The molecule has 0 spiro atoms. The van der Waals surface area contributed by atoms with Gasteiger partial charge >= 0.3 is 6.03 Å². The van der Waals surface area contributed by atoms with Crippen LogP contribution < -0.4 is 19.7 Å². The largest absolute Gasteiger partial charge is 0.493 e. The van der Waals surface area contributed by atoms with Crippen LogP contribution in [0.25, 0.3) is 6.08 Å². The van der Waals surface area contributed by atoms with Crippen molar-refractivity contribution in [3.63, 3.8) is 0 Å². The molecule has 1 aliphatic heterocycles. The van der Waals surface area contributed by atoms with Gasteiger partial charge in [0.1, 0.15) is 12.2 Å². The normalized spacial score (nSPS) is 14.8. The number of imide groups is 2. The number of anilines is 1. The molecule has 35 heavy (non-hydrogen) atoms. The predicted molar refractivity (Wildman–Crippen MR) is 134 cm³/mol. The number of hydrogen-bond donors (Lipinski definition) is 1. The van der Waals surface area contributed by atoms with Gasteiger partial charge in [0, 0.05) is 5.02 Å². The van der Waals surface area contributed by atoms with Crippen LogP contribution in [0.5, 0.6) is 11.5 Å². The standard InChI is InChI=1S/C26H20Cl2N2O5/c1-15-3-5-16(6-4-15)14-35-23-21(28)12-17(13-22(23)34-2)11-20-24(31)29-26(33)30(25(20)32)19-9-7-18(27)8-10-19/h3-13H,14H2,1-2H3,(H,29,31,33)/b20-11+. The van der Waals surface area contributed by atoms with Gasteiger partial charge in [-0.3, -0.25) is 14.9 Å². The molecule has 0 saturated carbocycles. The van der Waals surface area contributed by atoms with Gasteiger partial charge in [-0.15, -0.1) is 0 Å². The Bertz CT molecular complexity index is 1340. The van der Waals surface area contributed by atoms with Gasteiger partial charge < -0.3 is 9.47 Å². The number of urea groups is 1. The van der Waals surface area contributed by atoms with Crippen molar-refractivity contribution < 1.29 is 23.9 Å². The van der Waals surface area contributed by atoms with Crippen molar-refractivity contribution in [3.8, 4) is 11.5 Å². The highest BCUT2D eigenvalue weighted by Crippen LogP contribution is 2.38. The molecule has 0 radical (unpaired) electrons. The van der Waals surface area contributed by atoms with Crippen LogP contribution in [0.3, 0.4) is 0 Å². The van der Waals surface area contributed by atoms with E-state index in [1.54, 1.807) is 12.1 Å². The third-order valence-corrected chi connectivity index (χ3v) is 5.79. The number of nitrogens with zero attached hydrogens (tertiary/aromatic N) is 1. The number of ether oxygens (including phenoxy) is 2. The number of carbonyl (C=O) groups excluding carboxylic acids is 3. The monoisotopic (exact) mass is 510 g/mol. The zero-order chi connectivity index (χ0) is 25.1. The molecular formula is C26H20Cl2N2O5. The first-order chi connectivity index (χ1) is 16.8. The van der Waals surface area contributed by atoms with E-state index in [2.05, 4.69) is 5.32 Å². The van der Waals surface area contributed by atoms with E-state index in [1.165, 1.54) is 37.5 Å². The summed E-state index contributed by atoms with van der Waals surface area (Å²) in [5, 5.41) is 2.85. The van der Waals surface area contributed by atoms with Crippen molar-refractivity contribution >= 4 is 52.8 Å². The molecular weight excluding hydrogens is 491 g/mol. The Morgan fingerprint density at radius 3 is 2.31 bits per heavy atom. The van der Waals surface area contributed by atoms with Crippen LogP contribution in [0.1, 0.15) is 16.7 Å². The van der Waals surface area contributed by atoms with E-state index in [-0.39, 0.29) is 22.9 Å². The smallest absolute Gasteiger partial charge is 0.335 e. The first-order valence-electron chi connectivity index (χ1n) is 10.5. The molecule has 3 aromatic carbocycles. The van der Waals surface area contributed by atoms with Gasteiger partial charge in [0.05, 0.1) is 17.8 Å². The fraction of sp³-hybridized carbons (Fsp3) is 0.115. The lowest BCUT2D eigenvalue weighted by Crippen LogP contribution is -2.54. The average molecular weight is 511 g/mol. The second-order valence-corrected chi connectivity index (χ2v) is 8.59. The van der Waals surface area contributed by atoms with Gasteiger partial charge in [0.25, 0.3) is 11.8 Å². The predicted octanol–water partition coefficient (Wildman–Crippen LogP) is 5.56. The molecule has 0 aliphatic carbocycles. The second-order valence-electron chi connectivity index (χ2n) is 7.74. The summed E-state index contributed by atoms with van der Waals surface area (Å²) >= 11 is 12.4. The van der Waals surface area contributed by atoms with Crippen molar-refractivity contribution in [2.75, 3.05) is 12.0 Å². The van der Waals surface area contributed by atoms with Crippen molar-refractivity contribution in [1.29, 1.82) is 0 Å². The van der Waals surface area contributed by atoms with E-state index in [0.29, 0.717) is 22.1 Å². The zero-order valence-corrected chi connectivity index (χ0v) is 20.3. The Morgan fingerprint density at radius 2 is 1.66 bits per heavy atom. The summed E-state index contributed by atoms with van der Waals surface area (Å²) in [5.74, 6) is -0.948. The highest BCUT2D eigenvalue weighted by atomic mass is 35.5. The fourth-order valence-corrected chi connectivity index (χ4v) is 3.85. The van der Waals surface area contributed by atoms with Gasteiger partial charge in [-0.25, -0.2) is 9.69 Å². The highest BCUT2D eigenvalue weighted by molar-refractivity contribution is 6.39. The Hall–Kier alpha value is -3.81. The van der Waals surface area contributed by atoms with Crippen molar-refractivity contribution in [2.24, 2.45) is 0 Å². The molecule has 3 aromatic rings. The number of amides is 4. The lowest BCUT2D eigenvalue weighted by atomic mass is 10.1. The number of methoxy groups -OCH3 is 1. The Kier molecular flexibility index (Phi) is 7.10. The van der Waals surface area contributed by atoms with Gasteiger partial charge in [-0.2, -0.15) is 0 Å². The lowest BCUT2D eigenvalue weighted by molar-refractivity contribution is -0.122. The maximum Gasteiger partial charge on any atom is 0.335 e. The first-order valence-corrected chi connectivity index (χ1v) is 11.3. The molecule has 1 aliphatic rings. The summed E-state index contributed by atoms with van der Waals surface area (Å²) in [4.78, 5) is 38.8. The van der Waals surface area contributed by atoms with E-state index in [9.17, 15) is 14.4 Å². The van der Waals surface area contributed by atoms with Crippen LogP contribution >= 0.6 is 23.2 Å². The van der Waals surface area contributed by atoms with Gasteiger partial charge in [-0.05, 0) is 60.5 Å². The summed E-state index contributed by atoms with van der Waals surface area (Å²) in [7, 11) is 1.46. The molecule has 1 fully saturated rings. The third-order valence-electron chi connectivity index (χ3n) is 5.25. The SMILES string of the molecule is COc1cc(/C=C2\C(=O)NC(=O)N(c3ccc(Cl)cc3)C2=O)cc(Cl)c1OCc1ccc(C)cc1. The van der Waals surface area contributed by atoms with Crippen LogP contribution in [0.4, 0.5) is 10.5 Å².